The summed E-state index contributed by atoms with van der Waals surface area (Å²) < 4.78 is 9.71. The summed E-state index contributed by atoms with van der Waals surface area (Å²) in [5.41, 5.74) is 7.02. The summed E-state index contributed by atoms with van der Waals surface area (Å²) in [6.45, 7) is 4.74. The van der Waals surface area contributed by atoms with Gasteiger partial charge >= 0.3 is 0 Å². The van der Waals surface area contributed by atoms with E-state index in [1.165, 1.54) is 5.56 Å². The molecule has 0 amide bonds. The maximum Gasteiger partial charge on any atom is 0.278 e. The highest BCUT2D eigenvalue weighted by Crippen LogP contribution is 2.39. The Balaban J connectivity index is 1.52. The fraction of sp³-hybridized carbons (Fsp3) is 0.200. The molecule has 0 bridgehead atoms. The molecule has 7 nitrogen and oxygen atoms in total. The highest BCUT2D eigenvalue weighted by molar-refractivity contribution is 6.31. The predicted molar refractivity (Wildman–Crippen MR) is 126 cm³/mol. The van der Waals surface area contributed by atoms with Crippen LogP contribution in [0.25, 0.3) is 28.5 Å². The van der Waals surface area contributed by atoms with Gasteiger partial charge in [0.1, 0.15) is 6.33 Å². The van der Waals surface area contributed by atoms with Gasteiger partial charge in [0.15, 0.2) is 11.5 Å². The van der Waals surface area contributed by atoms with Crippen LogP contribution >= 0.6 is 11.6 Å². The Hall–Kier alpha value is -3.71. The Bertz CT molecular complexity index is 1460. The molecule has 1 aliphatic heterocycles. The molecular weight excluding hydrogens is 436 g/mol. The van der Waals surface area contributed by atoms with Gasteiger partial charge in [0.2, 0.25) is 0 Å². The number of halogens is 1. The molecule has 0 saturated carbocycles. The number of nitrogens with zero attached hydrogens (tertiary/aromatic N) is 6. The third-order valence-corrected chi connectivity index (χ3v) is 6.18. The van der Waals surface area contributed by atoms with Crippen molar-refractivity contribution in [3.63, 3.8) is 0 Å². The SMILES string of the molecule is CC(C)c1noc(-c2ncn3c2Cc2cnn(Cc4ccccc4)c2-c2cc(Cl)ccc2-3)n1. The number of benzene rings is 2. The molecule has 6 rings (SSSR count). The summed E-state index contributed by atoms with van der Waals surface area (Å²) in [6, 6.07) is 16.2. The zero-order chi connectivity index (χ0) is 22.5. The summed E-state index contributed by atoms with van der Waals surface area (Å²) >= 11 is 6.45. The van der Waals surface area contributed by atoms with Crippen LogP contribution < -0.4 is 0 Å². The average Bonchev–Trinajstić information content (AvgIpc) is 3.52. The second-order valence-corrected chi connectivity index (χ2v) is 8.96. The lowest BCUT2D eigenvalue weighted by molar-refractivity contribution is 0.418. The summed E-state index contributed by atoms with van der Waals surface area (Å²) in [5, 5.41) is 9.54. The normalized spacial score (nSPS) is 12.4. The van der Waals surface area contributed by atoms with Crippen LogP contribution in [0.3, 0.4) is 0 Å². The first kappa shape index (κ1) is 19.9. The molecule has 0 unspecified atom stereocenters. The van der Waals surface area contributed by atoms with Gasteiger partial charge in [-0.05, 0) is 23.8 Å². The maximum atomic E-state index is 6.45. The molecule has 0 saturated heterocycles. The average molecular weight is 457 g/mol. The first-order valence-electron chi connectivity index (χ1n) is 10.9. The minimum Gasteiger partial charge on any atom is -0.332 e. The van der Waals surface area contributed by atoms with E-state index in [-0.39, 0.29) is 5.92 Å². The zero-order valence-electron chi connectivity index (χ0n) is 18.2. The molecule has 164 valence electrons. The van der Waals surface area contributed by atoms with Crippen LogP contribution in [-0.2, 0) is 13.0 Å². The van der Waals surface area contributed by atoms with Gasteiger partial charge in [0.25, 0.3) is 5.89 Å². The quantitative estimate of drug-likeness (QED) is 0.349. The Kier molecular flexibility index (Phi) is 4.66. The van der Waals surface area contributed by atoms with Crippen LogP contribution in [0.15, 0.2) is 65.6 Å². The summed E-state index contributed by atoms with van der Waals surface area (Å²) in [6.07, 6.45) is 4.38. The maximum absolute atomic E-state index is 6.45. The van der Waals surface area contributed by atoms with Crippen LogP contribution in [0.4, 0.5) is 0 Å². The zero-order valence-corrected chi connectivity index (χ0v) is 19.0. The van der Waals surface area contributed by atoms with Crippen molar-refractivity contribution < 1.29 is 4.52 Å². The highest BCUT2D eigenvalue weighted by atomic mass is 35.5. The van der Waals surface area contributed by atoms with Gasteiger partial charge in [-0.15, -0.1) is 0 Å². The minimum atomic E-state index is 0.175. The highest BCUT2D eigenvalue weighted by Gasteiger charge is 2.28. The molecule has 3 aromatic heterocycles. The molecule has 0 spiro atoms. The van der Waals surface area contributed by atoms with Gasteiger partial charge in [-0.1, -0.05) is 60.9 Å². The van der Waals surface area contributed by atoms with Gasteiger partial charge < -0.3 is 9.09 Å². The number of imidazole rings is 1. The van der Waals surface area contributed by atoms with Gasteiger partial charge in [0, 0.05) is 28.5 Å². The van der Waals surface area contributed by atoms with E-state index < -0.39 is 0 Å². The molecule has 2 aromatic carbocycles. The molecule has 0 atom stereocenters. The van der Waals surface area contributed by atoms with E-state index in [1.54, 1.807) is 0 Å². The second-order valence-electron chi connectivity index (χ2n) is 8.52. The molecule has 33 heavy (non-hydrogen) atoms. The third kappa shape index (κ3) is 3.36. The van der Waals surface area contributed by atoms with Gasteiger partial charge in [0.05, 0.1) is 29.8 Å². The lowest BCUT2D eigenvalue weighted by Gasteiger charge is -2.13. The molecule has 0 N–H and O–H groups in total. The van der Waals surface area contributed by atoms with Gasteiger partial charge in [-0.2, -0.15) is 10.1 Å². The van der Waals surface area contributed by atoms with Crippen molar-refractivity contribution in [2.75, 3.05) is 0 Å². The van der Waals surface area contributed by atoms with Crippen molar-refractivity contribution in [3.8, 4) is 28.5 Å². The van der Waals surface area contributed by atoms with Crippen molar-refractivity contribution in [3.05, 3.63) is 88.7 Å². The second kappa shape index (κ2) is 7.71. The summed E-state index contributed by atoms with van der Waals surface area (Å²) in [4.78, 5) is 9.24. The smallest absolute Gasteiger partial charge is 0.278 e. The first-order valence-corrected chi connectivity index (χ1v) is 11.3. The Morgan fingerprint density at radius 2 is 1.97 bits per heavy atom. The topological polar surface area (TPSA) is 74.6 Å². The van der Waals surface area contributed by atoms with Crippen molar-refractivity contribution in [1.82, 2.24) is 29.5 Å². The van der Waals surface area contributed by atoms with Gasteiger partial charge in [-0.3, -0.25) is 4.68 Å². The molecule has 1 aliphatic rings. The Morgan fingerprint density at radius 3 is 2.76 bits per heavy atom. The number of rotatable bonds is 4. The third-order valence-electron chi connectivity index (χ3n) is 5.95. The molecule has 4 heterocycles. The predicted octanol–water partition coefficient (Wildman–Crippen LogP) is 5.52. The van der Waals surface area contributed by atoms with E-state index in [0.29, 0.717) is 35.4 Å². The van der Waals surface area contributed by atoms with E-state index in [1.807, 2.05) is 67.5 Å². The van der Waals surface area contributed by atoms with Crippen LogP contribution in [-0.4, -0.2) is 29.5 Å². The van der Waals surface area contributed by atoms with E-state index in [9.17, 15) is 0 Å². The van der Waals surface area contributed by atoms with E-state index in [2.05, 4.69) is 31.8 Å². The largest absolute Gasteiger partial charge is 0.332 e. The monoisotopic (exact) mass is 456 g/mol. The molecular formula is C25H21ClN6O. The van der Waals surface area contributed by atoms with Crippen LogP contribution in [0.2, 0.25) is 5.02 Å². The van der Waals surface area contributed by atoms with Crippen LogP contribution in [0.5, 0.6) is 0 Å². The lowest BCUT2D eigenvalue weighted by Crippen LogP contribution is -2.05. The first-order chi connectivity index (χ1) is 16.1. The van der Waals surface area contributed by atoms with E-state index in [4.69, 9.17) is 21.2 Å². The Labute approximate surface area is 195 Å². The Morgan fingerprint density at radius 1 is 1.12 bits per heavy atom. The molecule has 0 fully saturated rings. The molecule has 8 heteroatoms. The summed E-state index contributed by atoms with van der Waals surface area (Å²) in [7, 11) is 0. The lowest BCUT2D eigenvalue weighted by atomic mass is 10.0. The fourth-order valence-electron chi connectivity index (χ4n) is 4.32. The number of hydrogen-bond donors (Lipinski definition) is 0. The summed E-state index contributed by atoms with van der Waals surface area (Å²) in [5.74, 6) is 1.28. The number of fused-ring (bicyclic) bond motifs is 5. The van der Waals surface area contributed by atoms with Crippen molar-refractivity contribution in [2.45, 2.75) is 32.7 Å². The van der Waals surface area contributed by atoms with Crippen molar-refractivity contribution in [1.29, 1.82) is 0 Å². The minimum absolute atomic E-state index is 0.175. The molecule has 0 aliphatic carbocycles. The van der Waals surface area contributed by atoms with E-state index >= 15 is 0 Å². The standard InChI is InChI=1S/C25H21ClN6O/c1-15(2)24-29-25(33-30-24)22-21-10-17-12-28-32(13-16-6-4-3-5-7-16)23(17)19-11-18(26)8-9-20(19)31(21)14-27-22/h3-9,11-12,14-15H,10,13H2,1-2H3. The number of aromatic nitrogens is 6. The fourth-order valence-corrected chi connectivity index (χ4v) is 4.50. The molecule has 5 aromatic rings. The molecule has 0 radical (unpaired) electrons. The van der Waals surface area contributed by atoms with Crippen LogP contribution in [0.1, 0.15) is 42.4 Å². The van der Waals surface area contributed by atoms with Crippen LogP contribution in [0, 0.1) is 0 Å². The van der Waals surface area contributed by atoms with Crippen molar-refractivity contribution in [2.24, 2.45) is 0 Å². The number of hydrogen-bond acceptors (Lipinski definition) is 5. The van der Waals surface area contributed by atoms with Gasteiger partial charge in [-0.25, -0.2) is 4.98 Å². The van der Waals surface area contributed by atoms with E-state index in [0.717, 1.165) is 28.2 Å². The van der Waals surface area contributed by atoms with Crippen molar-refractivity contribution >= 4 is 11.6 Å².